The van der Waals surface area contributed by atoms with E-state index in [9.17, 15) is 0 Å². The molecule has 0 amide bonds. The predicted molar refractivity (Wildman–Crippen MR) is 58.6 cm³/mol. The van der Waals surface area contributed by atoms with E-state index in [1.54, 1.807) is 23.5 Å². The Kier molecular flexibility index (Phi) is 2.58. The van der Waals surface area contributed by atoms with Gasteiger partial charge < -0.3 is 0 Å². The van der Waals surface area contributed by atoms with Crippen molar-refractivity contribution in [3.05, 3.63) is 45.8 Å². The van der Waals surface area contributed by atoms with Crippen molar-refractivity contribution in [3.8, 4) is 10.4 Å². The van der Waals surface area contributed by atoms with Gasteiger partial charge in [0.1, 0.15) is 0 Å². The molecule has 1 radical (unpaired) electrons. The summed E-state index contributed by atoms with van der Waals surface area (Å²) >= 11 is 13.6. The molecular weight excluding hydrogens is 223 g/mol. The fourth-order valence-corrected chi connectivity index (χ4v) is 2.57. The molecule has 2 rings (SSSR count). The van der Waals surface area contributed by atoms with E-state index in [2.05, 4.69) is 6.07 Å². The molecule has 0 unspecified atom stereocenters. The average molecular weight is 228 g/mol. The van der Waals surface area contributed by atoms with Crippen LogP contribution in [0, 0.1) is 6.07 Å². The zero-order valence-corrected chi connectivity index (χ0v) is 8.88. The van der Waals surface area contributed by atoms with Crippen LogP contribution in [0.25, 0.3) is 10.4 Å². The largest absolute Gasteiger partial charge is 0.144 e. The van der Waals surface area contributed by atoms with Crippen molar-refractivity contribution in [2.75, 3.05) is 0 Å². The van der Waals surface area contributed by atoms with Crippen molar-refractivity contribution < 1.29 is 0 Å². The van der Waals surface area contributed by atoms with Gasteiger partial charge >= 0.3 is 0 Å². The summed E-state index contributed by atoms with van der Waals surface area (Å²) in [6, 6.07) is 10.4. The van der Waals surface area contributed by atoms with Gasteiger partial charge in [-0.1, -0.05) is 35.3 Å². The van der Waals surface area contributed by atoms with E-state index in [4.69, 9.17) is 23.2 Å². The third-order valence-electron chi connectivity index (χ3n) is 1.67. The second-order valence-electron chi connectivity index (χ2n) is 2.49. The van der Waals surface area contributed by atoms with Crippen LogP contribution in [-0.4, -0.2) is 0 Å². The van der Waals surface area contributed by atoms with Gasteiger partial charge in [-0.15, -0.1) is 11.3 Å². The lowest BCUT2D eigenvalue weighted by Crippen LogP contribution is -1.76. The van der Waals surface area contributed by atoms with Crippen molar-refractivity contribution in [2.45, 2.75) is 0 Å². The zero-order valence-electron chi connectivity index (χ0n) is 6.55. The number of thiophene rings is 1. The predicted octanol–water partition coefficient (Wildman–Crippen LogP) is 4.52. The Morgan fingerprint density at radius 3 is 2.69 bits per heavy atom. The molecule has 0 N–H and O–H groups in total. The molecule has 3 heteroatoms. The topological polar surface area (TPSA) is 0 Å². The molecule has 0 saturated carbocycles. The van der Waals surface area contributed by atoms with Gasteiger partial charge in [0, 0.05) is 16.5 Å². The maximum absolute atomic E-state index is 6.02. The quantitative estimate of drug-likeness (QED) is 0.673. The summed E-state index contributed by atoms with van der Waals surface area (Å²) in [5, 5.41) is 3.25. The van der Waals surface area contributed by atoms with Gasteiger partial charge in [-0.05, 0) is 17.5 Å². The molecule has 1 heterocycles. The summed E-state index contributed by atoms with van der Waals surface area (Å²) in [6.45, 7) is 0. The summed E-state index contributed by atoms with van der Waals surface area (Å²) in [4.78, 5) is 1.08. The molecular formula is C10H5Cl2S. The van der Waals surface area contributed by atoms with Crippen LogP contribution in [0.3, 0.4) is 0 Å². The lowest BCUT2D eigenvalue weighted by atomic mass is 10.2. The van der Waals surface area contributed by atoms with Crippen molar-refractivity contribution >= 4 is 34.5 Å². The van der Waals surface area contributed by atoms with Gasteiger partial charge in [0.05, 0.1) is 10.0 Å². The van der Waals surface area contributed by atoms with E-state index in [-0.39, 0.29) is 0 Å². The Labute approximate surface area is 90.7 Å². The van der Waals surface area contributed by atoms with Gasteiger partial charge in [0.15, 0.2) is 0 Å². The molecule has 0 fully saturated rings. The van der Waals surface area contributed by atoms with Gasteiger partial charge in [0.2, 0.25) is 0 Å². The third-order valence-corrected chi connectivity index (χ3v) is 3.17. The van der Waals surface area contributed by atoms with Crippen LogP contribution >= 0.6 is 34.5 Å². The maximum Gasteiger partial charge on any atom is 0.0586 e. The van der Waals surface area contributed by atoms with Crippen LogP contribution in [0.5, 0.6) is 0 Å². The normalized spacial score (nSPS) is 10.3. The van der Waals surface area contributed by atoms with E-state index in [1.807, 2.05) is 17.5 Å². The van der Waals surface area contributed by atoms with Crippen LogP contribution < -0.4 is 0 Å². The Bertz CT molecular complexity index is 387. The Hall–Kier alpha value is -0.500. The number of halogens is 2. The van der Waals surface area contributed by atoms with E-state index in [0.717, 1.165) is 10.4 Å². The van der Waals surface area contributed by atoms with Gasteiger partial charge in [-0.3, -0.25) is 0 Å². The Balaban J connectivity index is 2.64. The van der Waals surface area contributed by atoms with Crippen LogP contribution in [0.4, 0.5) is 0 Å². The molecule has 0 spiro atoms. The number of benzene rings is 1. The summed E-state index contributed by atoms with van der Waals surface area (Å²) in [6.07, 6.45) is 0. The smallest absolute Gasteiger partial charge is 0.0586 e. The molecule has 0 saturated heterocycles. The third kappa shape index (κ3) is 1.73. The first-order valence-corrected chi connectivity index (χ1v) is 5.32. The minimum absolute atomic E-state index is 0.579. The molecule has 65 valence electrons. The average Bonchev–Trinajstić information content (AvgIpc) is 2.57. The van der Waals surface area contributed by atoms with Crippen molar-refractivity contribution in [2.24, 2.45) is 0 Å². The molecule has 0 aliphatic rings. The van der Waals surface area contributed by atoms with Gasteiger partial charge in [-0.2, -0.15) is 0 Å². The highest BCUT2D eigenvalue weighted by Crippen LogP contribution is 2.36. The summed E-state index contributed by atoms with van der Waals surface area (Å²) in [5.41, 5.74) is 0.876. The molecule has 0 bridgehead atoms. The molecule has 0 nitrogen and oxygen atoms in total. The van der Waals surface area contributed by atoms with Crippen LogP contribution in [-0.2, 0) is 0 Å². The molecule has 0 atom stereocenters. The second-order valence-corrected chi connectivity index (χ2v) is 4.22. The molecule has 0 aliphatic heterocycles. The van der Waals surface area contributed by atoms with Crippen molar-refractivity contribution in [1.29, 1.82) is 0 Å². The summed E-state index contributed by atoms with van der Waals surface area (Å²) in [7, 11) is 0. The van der Waals surface area contributed by atoms with Gasteiger partial charge in [0.25, 0.3) is 0 Å². The first kappa shape index (κ1) is 9.07. The SMILES string of the molecule is Clc1[c]ccc(Cl)c1-c1cccs1. The first-order valence-electron chi connectivity index (χ1n) is 3.68. The molecule has 0 aliphatic carbocycles. The van der Waals surface area contributed by atoms with E-state index in [1.165, 1.54) is 0 Å². The highest BCUT2D eigenvalue weighted by Gasteiger charge is 2.08. The standard InChI is InChI=1S/C10H5Cl2S/c11-7-3-1-4-8(12)10(7)9-5-2-6-13-9/h1-3,5-6H. The molecule has 13 heavy (non-hydrogen) atoms. The van der Waals surface area contributed by atoms with Crippen LogP contribution in [0.1, 0.15) is 0 Å². The van der Waals surface area contributed by atoms with Crippen molar-refractivity contribution in [1.82, 2.24) is 0 Å². The summed E-state index contributed by atoms with van der Waals surface area (Å²) < 4.78 is 0. The number of hydrogen-bond acceptors (Lipinski definition) is 1. The first-order chi connectivity index (χ1) is 6.29. The minimum atomic E-state index is 0.579. The highest BCUT2D eigenvalue weighted by atomic mass is 35.5. The lowest BCUT2D eigenvalue weighted by molar-refractivity contribution is 1.68. The maximum atomic E-state index is 6.02. The zero-order chi connectivity index (χ0) is 9.26. The molecule has 1 aromatic heterocycles. The van der Waals surface area contributed by atoms with Crippen molar-refractivity contribution in [3.63, 3.8) is 0 Å². The lowest BCUT2D eigenvalue weighted by Gasteiger charge is -2.02. The fourth-order valence-electron chi connectivity index (χ4n) is 1.10. The van der Waals surface area contributed by atoms with Gasteiger partial charge in [-0.25, -0.2) is 0 Å². The monoisotopic (exact) mass is 227 g/mol. The van der Waals surface area contributed by atoms with E-state index < -0.39 is 0 Å². The number of rotatable bonds is 1. The highest BCUT2D eigenvalue weighted by molar-refractivity contribution is 7.13. The van der Waals surface area contributed by atoms with E-state index >= 15 is 0 Å². The summed E-state index contributed by atoms with van der Waals surface area (Å²) in [5.74, 6) is 0. The molecule has 2 aromatic rings. The second kappa shape index (κ2) is 3.70. The number of hydrogen-bond donors (Lipinski definition) is 0. The van der Waals surface area contributed by atoms with Crippen LogP contribution in [0.2, 0.25) is 10.0 Å². The minimum Gasteiger partial charge on any atom is -0.144 e. The fraction of sp³-hybridized carbons (Fsp3) is 0. The van der Waals surface area contributed by atoms with E-state index in [0.29, 0.717) is 10.0 Å². The Morgan fingerprint density at radius 2 is 2.08 bits per heavy atom. The molecule has 1 aromatic carbocycles. The van der Waals surface area contributed by atoms with Crippen LogP contribution in [0.15, 0.2) is 29.6 Å². The Morgan fingerprint density at radius 1 is 1.23 bits per heavy atom.